The van der Waals surface area contributed by atoms with Crippen molar-refractivity contribution in [2.45, 2.75) is 19.3 Å². The van der Waals surface area contributed by atoms with Crippen molar-refractivity contribution in [2.24, 2.45) is 0 Å². The number of phenols is 2. The molecule has 1 aliphatic rings. The molecule has 1 atom stereocenters. The summed E-state index contributed by atoms with van der Waals surface area (Å²) in [6.45, 7) is 2.59. The van der Waals surface area contributed by atoms with E-state index in [1.54, 1.807) is 24.3 Å². The highest BCUT2D eigenvalue weighted by atomic mass is 16.5. The quantitative estimate of drug-likeness (QED) is 0.824. The molecule has 0 aromatic heterocycles. The number of phenolic OH excluding ortho intramolecular Hbond substituents is 2. The summed E-state index contributed by atoms with van der Waals surface area (Å²) >= 11 is 0. The second-order valence-electron chi connectivity index (χ2n) is 5.04. The fourth-order valence-electron chi connectivity index (χ4n) is 2.61. The molecule has 98 valence electrons. The van der Waals surface area contributed by atoms with E-state index < -0.39 is 0 Å². The van der Waals surface area contributed by atoms with Crippen LogP contribution < -0.4 is 4.74 Å². The van der Waals surface area contributed by atoms with E-state index in [9.17, 15) is 10.2 Å². The summed E-state index contributed by atoms with van der Waals surface area (Å²) in [5.41, 5.74) is 3.37. The van der Waals surface area contributed by atoms with E-state index in [2.05, 4.69) is 0 Å². The summed E-state index contributed by atoms with van der Waals surface area (Å²) in [6.07, 6.45) is 0.895. The summed E-state index contributed by atoms with van der Waals surface area (Å²) in [5.74, 6) is 1.60. The predicted octanol–water partition coefficient (Wildman–Crippen LogP) is 3.12. The van der Waals surface area contributed by atoms with Gasteiger partial charge in [-0.3, -0.25) is 0 Å². The van der Waals surface area contributed by atoms with Gasteiger partial charge in [-0.1, -0.05) is 12.1 Å². The van der Waals surface area contributed by atoms with Gasteiger partial charge >= 0.3 is 0 Å². The van der Waals surface area contributed by atoms with E-state index in [1.165, 1.54) is 0 Å². The van der Waals surface area contributed by atoms with Gasteiger partial charge in [0.15, 0.2) is 0 Å². The Labute approximate surface area is 112 Å². The molecule has 0 amide bonds. The van der Waals surface area contributed by atoms with Crippen LogP contribution in [0.4, 0.5) is 0 Å². The highest BCUT2D eigenvalue weighted by Gasteiger charge is 2.23. The summed E-state index contributed by atoms with van der Waals surface area (Å²) in [5, 5.41) is 18.9. The van der Waals surface area contributed by atoms with Gasteiger partial charge in [0, 0.05) is 12.0 Å². The fourth-order valence-corrected chi connectivity index (χ4v) is 2.61. The minimum atomic E-state index is 0.249. The summed E-state index contributed by atoms with van der Waals surface area (Å²) in [4.78, 5) is 0. The van der Waals surface area contributed by atoms with E-state index in [0.29, 0.717) is 6.61 Å². The lowest BCUT2D eigenvalue weighted by Crippen LogP contribution is -2.19. The monoisotopic (exact) mass is 256 g/mol. The Balaban J connectivity index is 1.92. The lowest BCUT2D eigenvalue weighted by Gasteiger charge is -2.27. The smallest absolute Gasteiger partial charge is 0.126 e. The van der Waals surface area contributed by atoms with Crippen LogP contribution in [-0.4, -0.2) is 16.8 Å². The third kappa shape index (κ3) is 2.24. The van der Waals surface area contributed by atoms with Crippen LogP contribution >= 0.6 is 0 Å². The molecule has 0 spiro atoms. The summed E-state index contributed by atoms with van der Waals surface area (Å²) in [7, 11) is 0. The maximum absolute atomic E-state index is 9.57. The van der Waals surface area contributed by atoms with Crippen LogP contribution in [0, 0.1) is 6.92 Å². The van der Waals surface area contributed by atoms with Crippen LogP contribution in [-0.2, 0) is 6.42 Å². The largest absolute Gasteiger partial charge is 0.508 e. The minimum Gasteiger partial charge on any atom is -0.508 e. The third-order valence-corrected chi connectivity index (χ3v) is 3.67. The molecule has 0 saturated carbocycles. The van der Waals surface area contributed by atoms with Crippen molar-refractivity contribution in [3.05, 3.63) is 53.1 Å². The second kappa shape index (κ2) is 4.50. The van der Waals surface area contributed by atoms with Gasteiger partial charge in [0.05, 0.1) is 6.61 Å². The molecule has 0 saturated heterocycles. The van der Waals surface area contributed by atoms with Crippen molar-refractivity contribution in [1.29, 1.82) is 0 Å². The zero-order valence-corrected chi connectivity index (χ0v) is 10.8. The first kappa shape index (κ1) is 11.9. The highest BCUT2D eigenvalue weighted by molar-refractivity contribution is 5.48. The molecule has 0 fully saturated rings. The van der Waals surface area contributed by atoms with Crippen molar-refractivity contribution in [3.8, 4) is 17.2 Å². The topological polar surface area (TPSA) is 49.7 Å². The van der Waals surface area contributed by atoms with E-state index in [1.807, 2.05) is 19.1 Å². The molecule has 0 bridgehead atoms. The van der Waals surface area contributed by atoms with Crippen LogP contribution in [0.1, 0.15) is 22.6 Å². The van der Waals surface area contributed by atoms with Crippen molar-refractivity contribution >= 4 is 0 Å². The maximum atomic E-state index is 9.57. The van der Waals surface area contributed by atoms with Gasteiger partial charge in [-0.2, -0.15) is 0 Å². The molecule has 0 radical (unpaired) electrons. The zero-order chi connectivity index (χ0) is 13.4. The third-order valence-electron chi connectivity index (χ3n) is 3.67. The molecule has 1 unspecified atom stereocenters. The first-order valence-corrected chi connectivity index (χ1v) is 6.37. The minimum absolute atomic E-state index is 0.249. The maximum Gasteiger partial charge on any atom is 0.126 e. The summed E-state index contributed by atoms with van der Waals surface area (Å²) < 4.78 is 5.76. The molecule has 3 rings (SSSR count). The van der Waals surface area contributed by atoms with Crippen LogP contribution in [0.25, 0.3) is 0 Å². The Morgan fingerprint density at radius 3 is 2.53 bits per heavy atom. The van der Waals surface area contributed by atoms with Crippen LogP contribution in [0.2, 0.25) is 0 Å². The summed E-state index contributed by atoms with van der Waals surface area (Å²) in [6, 6.07) is 10.7. The van der Waals surface area contributed by atoms with Gasteiger partial charge in [-0.15, -0.1) is 0 Å². The first-order chi connectivity index (χ1) is 9.13. The molecule has 1 heterocycles. The molecule has 1 aliphatic heterocycles. The average molecular weight is 256 g/mol. The molecular weight excluding hydrogens is 240 g/mol. The van der Waals surface area contributed by atoms with Crippen LogP contribution in [0.3, 0.4) is 0 Å². The fraction of sp³-hybridized carbons (Fsp3) is 0.250. The van der Waals surface area contributed by atoms with Gasteiger partial charge in [-0.25, -0.2) is 0 Å². The van der Waals surface area contributed by atoms with Crippen molar-refractivity contribution in [3.63, 3.8) is 0 Å². The molecule has 2 aromatic rings. The van der Waals surface area contributed by atoms with E-state index in [0.717, 1.165) is 28.9 Å². The lowest BCUT2D eigenvalue weighted by atomic mass is 9.88. The number of aromatic hydroxyl groups is 2. The van der Waals surface area contributed by atoms with Gasteiger partial charge in [-0.05, 0) is 48.2 Å². The lowest BCUT2D eigenvalue weighted by molar-refractivity contribution is 0.260. The van der Waals surface area contributed by atoms with Gasteiger partial charge in [0.1, 0.15) is 17.2 Å². The van der Waals surface area contributed by atoms with Crippen LogP contribution in [0.5, 0.6) is 17.2 Å². The SMILES string of the molecule is Cc1cc(O)cc2c1CC(c1ccc(O)cc1)CO2. The number of rotatable bonds is 1. The normalized spacial score (nSPS) is 17.6. The Hall–Kier alpha value is -2.16. The predicted molar refractivity (Wildman–Crippen MR) is 72.9 cm³/mol. The molecule has 2 N–H and O–H groups in total. The number of hydrogen-bond acceptors (Lipinski definition) is 3. The van der Waals surface area contributed by atoms with Gasteiger partial charge in [0.25, 0.3) is 0 Å². The highest BCUT2D eigenvalue weighted by Crippen LogP contribution is 2.37. The first-order valence-electron chi connectivity index (χ1n) is 6.37. The number of benzene rings is 2. The van der Waals surface area contributed by atoms with E-state index in [4.69, 9.17) is 4.74 Å². The van der Waals surface area contributed by atoms with E-state index in [-0.39, 0.29) is 17.4 Å². The number of hydrogen-bond donors (Lipinski definition) is 2. The van der Waals surface area contributed by atoms with Crippen molar-refractivity contribution in [1.82, 2.24) is 0 Å². The Bertz CT molecular complexity index is 602. The van der Waals surface area contributed by atoms with Crippen molar-refractivity contribution < 1.29 is 14.9 Å². The zero-order valence-electron chi connectivity index (χ0n) is 10.8. The average Bonchev–Trinajstić information content (AvgIpc) is 2.39. The Morgan fingerprint density at radius 1 is 1.05 bits per heavy atom. The van der Waals surface area contributed by atoms with Gasteiger partial charge < -0.3 is 14.9 Å². The second-order valence-corrected chi connectivity index (χ2v) is 5.04. The molecule has 0 aliphatic carbocycles. The molecular formula is C16H16O3. The van der Waals surface area contributed by atoms with E-state index >= 15 is 0 Å². The van der Waals surface area contributed by atoms with Crippen LogP contribution in [0.15, 0.2) is 36.4 Å². The molecule has 2 aromatic carbocycles. The number of aryl methyl sites for hydroxylation is 1. The molecule has 3 nitrogen and oxygen atoms in total. The Morgan fingerprint density at radius 2 is 1.79 bits per heavy atom. The van der Waals surface area contributed by atoms with Gasteiger partial charge in [0.2, 0.25) is 0 Å². The van der Waals surface area contributed by atoms with Crippen molar-refractivity contribution in [2.75, 3.05) is 6.61 Å². The molecule has 3 heteroatoms. The Kier molecular flexibility index (Phi) is 2.82. The standard InChI is InChI=1S/C16H16O3/c1-10-6-14(18)8-16-15(10)7-12(9-19-16)11-2-4-13(17)5-3-11/h2-6,8,12,17-18H,7,9H2,1H3. The molecule has 19 heavy (non-hydrogen) atoms. The number of fused-ring (bicyclic) bond motifs is 1. The number of ether oxygens (including phenoxy) is 1.